The fourth-order valence-corrected chi connectivity index (χ4v) is 2.39. The van der Waals surface area contributed by atoms with E-state index in [0.29, 0.717) is 6.42 Å². The number of hydrogen-bond acceptors (Lipinski definition) is 5. The Hall–Kier alpha value is -2.53. The van der Waals surface area contributed by atoms with Gasteiger partial charge in [0.25, 0.3) is 0 Å². The smallest absolute Gasteiger partial charge is 0.127 e. The molecule has 0 saturated carbocycles. The number of ether oxygens (including phenoxy) is 1. The number of benzene rings is 1. The van der Waals surface area contributed by atoms with E-state index in [1.807, 2.05) is 42.5 Å². The molecule has 0 spiro atoms. The second-order valence-corrected chi connectivity index (χ2v) is 4.98. The molecule has 1 atom stereocenters. The van der Waals surface area contributed by atoms with Crippen LogP contribution < -0.4 is 10.1 Å². The van der Waals surface area contributed by atoms with E-state index >= 15 is 0 Å². The lowest BCUT2D eigenvalue weighted by Crippen LogP contribution is -2.12. The number of pyridine rings is 1. The molecule has 5 nitrogen and oxygen atoms in total. The molecular formula is C17H18N2O3. The highest BCUT2D eigenvalue weighted by Gasteiger charge is 2.14. The summed E-state index contributed by atoms with van der Waals surface area (Å²) in [5, 5.41) is 13.5. The number of aliphatic hydroxyl groups is 1. The van der Waals surface area contributed by atoms with E-state index in [2.05, 4.69) is 10.3 Å². The lowest BCUT2D eigenvalue weighted by molar-refractivity contribution is 0.273. The zero-order valence-electron chi connectivity index (χ0n) is 12.3. The minimum absolute atomic E-state index is 0.0726. The van der Waals surface area contributed by atoms with E-state index in [4.69, 9.17) is 9.15 Å². The van der Waals surface area contributed by atoms with Crippen molar-refractivity contribution in [2.75, 3.05) is 19.0 Å². The van der Waals surface area contributed by atoms with Gasteiger partial charge in [0.15, 0.2) is 0 Å². The third-order valence-corrected chi connectivity index (χ3v) is 3.52. The maximum atomic E-state index is 9.23. The minimum atomic E-state index is -0.108. The number of aliphatic hydroxyl groups excluding tert-OH is 1. The number of anilines is 1. The quantitative estimate of drug-likeness (QED) is 0.730. The van der Waals surface area contributed by atoms with Crippen molar-refractivity contribution in [2.45, 2.75) is 12.5 Å². The summed E-state index contributed by atoms with van der Waals surface area (Å²) in [6.07, 6.45) is 2.18. The molecule has 3 aromatic rings. The van der Waals surface area contributed by atoms with Gasteiger partial charge in [-0.3, -0.25) is 0 Å². The topological polar surface area (TPSA) is 67.5 Å². The molecule has 2 N–H and O–H groups in total. The summed E-state index contributed by atoms with van der Waals surface area (Å²) in [6, 6.07) is 13.3. The van der Waals surface area contributed by atoms with Crippen LogP contribution in [0.4, 0.5) is 5.82 Å². The van der Waals surface area contributed by atoms with Gasteiger partial charge >= 0.3 is 0 Å². The summed E-state index contributed by atoms with van der Waals surface area (Å²) >= 11 is 0. The lowest BCUT2D eigenvalue weighted by Gasteiger charge is -2.16. The third kappa shape index (κ3) is 3.04. The van der Waals surface area contributed by atoms with E-state index in [9.17, 15) is 5.11 Å². The van der Waals surface area contributed by atoms with Gasteiger partial charge in [0.05, 0.1) is 24.9 Å². The van der Waals surface area contributed by atoms with E-state index in [1.165, 1.54) is 0 Å². The van der Waals surface area contributed by atoms with Crippen molar-refractivity contribution < 1.29 is 14.3 Å². The summed E-state index contributed by atoms with van der Waals surface area (Å²) in [5.41, 5.74) is 0.882. The van der Waals surface area contributed by atoms with Crippen LogP contribution in [0.1, 0.15) is 18.2 Å². The first-order chi connectivity index (χ1) is 10.8. The molecule has 2 aromatic heterocycles. The van der Waals surface area contributed by atoms with Crippen molar-refractivity contribution in [1.29, 1.82) is 0 Å². The van der Waals surface area contributed by atoms with Gasteiger partial charge in [0.2, 0.25) is 0 Å². The van der Waals surface area contributed by atoms with Gasteiger partial charge in [-0.15, -0.1) is 0 Å². The maximum Gasteiger partial charge on any atom is 0.127 e. The van der Waals surface area contributed by atoms with E-state index in [0.717, 1.165) is 28.2 Å². The number of methoxy groups -OCH3 is 1. The van der Waals surface area contributed by atoms with Crippen LogP contribution in [0.2, 0.25) is 0 Å². The van der Waals surface area contributed by atoms with Crippen LogP contribution in [-0.4, -0.2) is 23.8 Å². The minimum Gasteiger partial charge on any atom is -0.497 e. The Labute approximate surface area is 128 Å². The average molecular weight is 298 g/mol. The molecular weight excluding hydrogens is 280 g/mol. The second kappa shape index (κ2) is 6.49. The predicted octanol–water partition coefficient (Wildman–Crippen LogP) is 3.37. The molecule has 0 radical (unpaired) electrons. The molecule has 0 aliphatic rings. The van der Waals surface area contributed by atoms with Crippen molar-refractivity contribution >= 4 is 16.7 Å². The first kappa shape index (κ1) is 14.4. The van der Waals surface area contributed by atoms with Crippen LogP contribution in [0.15, 0.2) is 53.1 Å². The third-order valence-electron chi connectivity index (χ3n) is 3.52. The number of nitrogens with one attached hydrogen (secondary N) is 1. The number of aromatic nitrogens is 1. The predicted molar refractivity (Wildman–Crippen MR) is 85.1 cm³/mol. The average Bonchev–Trinajstić information content (AvgIpc) is 3.08. The monoisotopic (exact) mass is 298 g/mol. The summed E-state index contributed by atoms with van der Waals surface area (Å²) in [4.78, 5) is 4.59. The summed E-state index contributed by atoms with van der Waals surface area (Å²) in [6.45, 7) is 0.0726. The van der Waals surface area contributed by atoms with Crippen molar-refractivity contribution in [3.63, 3.8) is 0 Å². The van der Waals surface area contributed by atoms with Crippen LogP contribution in [0.3, 0.4) is 0 Å². The molecule has 3 rings (SSSR count). The highest BCUT2D eigenvalue weighted by Crippen LogP contribution is 2.25. The molecule has 0 amide bonds. The van der Waals surface area contributed by atoms with Crippen LogP contribution in [0.25, 0.3) is 10.9 Å². The first-order valence-electron chi connectivity index (χ1n) is 7.16. The lowest BCUT2D eigenvalue weighted by atomic mass is 10.1. The van der Waals surface area contributed by atoms with Gasteiger partial charge in [-0.25, -0.2) is 4.98 Å². The van der Waals surface area contributed by atoms with Gasteiger partial charge < -0.3 is 19.6 Å². The standard InChI is InChI=1S/C17H18N2O3/c1-21-13-5-6-14-12(11-13)4-7-17(18-14)19-15(8-9-20)16-3-2-10-22-16/h2-7,10-11,15,20H,8-9H2,1H3,(H,18,19). The van der Waals surface area contributed by atoms with Gasteiger partial charge in [0, 0.05) is 12.0 Å². The highest BCUT2D eigenvalue weighted by atomic mass is 16.5. The van der Waals surface area contributed by atoms with E-state index in [-0.39, 0.29) is 12.6 Å². The molecule has 0 fully saturated rings. The SMILES string of the molecule is COc1ccc2nc(NC(CCO)c3ccco3)ccc2c1. The van der Waals surface area contributed by atoms with Crippen molar-refractivity contribution in [1.82, 2.24) is 4.98 Å². The Balaban J connectivity index is 1.86. The largest absolute Gasteiger partial charge is 0.497 e. The number of hydrogen-bond donors (Lipinski definition) is 2. The van der Waals surface area contributed by atoms with Gasteiger partial charge in [-0.05, 0) is 48.9 Å². The van der Waals surface area contributed by atoms with E-state index in [1.54, 1.807) is 13.4 Å². The van der Waals surface area contributed by atoms with Crippen LogP contribution in [-0.2, 0) is 0 Å². The maximum absolute atomic E-state index is 9.23. The molecule has 22 heavy (non-hydrogen) atoms. The zero-order chi connectivity index (χ0) is 15.4. The number of fused-ring (bicyclic) bond motifs is 1. The Morgan fingerprint density at radius 2 is 2.18 bits per heavy atom. The van der Waals surface area contributed by atoms with Crippen LogP contribution >= 0.6 is 0 Å². The van der Waals surface area contributed by atoms with E-state index < -0.39 is 0 Å². The Morgan fingerprint density at radius 3 is 2.91 bits per heavy atom. The molecule has 0 saturated heterocycles. The molecule has 2 heterocycles. The van der Waals surface area contributed by atoms with Gasteiger partial charge in [-0.2, -0.15) is 0 Å². The van der Waals surface area contributed by atoms with Crippen molar-refractivity contribution in [3.05, 3.63) is 54.5 Å². The molecule has 0 aliphatic heterocycles. The number of furan rings is 1. The normalized spacial score (nSPS) is 12.3. The second-order valence-electron chi connectivity index (χ2n) is 4.98. The van der Waals surface area contributed by atoms with Gasteiger partial charge in [-0.1, -0.05) is 0 Å². The van der Waals surface area contributed by atoms with Crippen LogP contribution in [0, 0.1) is 0 Å². The highest BCUT2D eigenvalue weighted by molar-refractivity contribution is 5.81. The zero-order valence-corrected chi connectivity index (χ0v) is 12.3. The summed E-state index contributed by atoms with van der Waals surface area (Å²) < 4.78 is 10.6. The summed E-state index contributed by atoms with van der Waals surface area (Å²) in [5.74, 6) is 2.34. The fraction of sp³-hybridized carbons (Fsp3) is 0.235. The van der Waals surface area contributed by atoms with Crippen molar-refractivity contribution in [3.8, 4) is 5.75 Å². The Bertz CT molecular complexity index is 741. The van der Waals surface area contributed by atoms with Crippen LogP contribution in [0.5, 0.6) is 5.75 Å². The number of nitrogens with zero attached hydrogens (tertiary/aromatic N) is 1. The fourth-order valence-electron chi connectivity index (χ4n) is 2.39. The molecule has 0 bridgehead atoms. The Morgan fingerprint density at radius 1 is 1.27 bits per heavy atom. The number of rotatable bonds is 6. The van der Waals surface area contributed by atoms with Gasteiger partial charge in [0.1, 0.15) is 17.3 Å². The van der Waals surface area contributed by atoms with Crippen molar-refractivity contribution in [2.24, 2.45) is 0 Å². The molecule has 5 heteroatoms. The molecule has 1 aromatic carbocycles. The molecule has 1 unspecified atom stereocenters. The Kier molecular flexibility index (Phi) is 4.25. The molecule has 114 valence electrons. The first-order valence-corrected chi connectivity index (χ1v) is 7.16. The summed E-state index contributed by atoms with van der Waals surface area (Å²) in [7, 11) is 1.65. The molecule has 0 aliphatic carbocycles.